The summed E-state index contributed by atoms with van der Waals surface area (Å²) in [5.74, 6) is -1.57. The van der Waals surface area contributed by atoms with Gasteiger partial charge >= 0.3 is 0 Å². The van der Waals surface area contributed by atoms with Crippen molar-refractivity contribution >= 4 is 23.1 Å². The van der Waals surface area contributed by atoms with Gasteiger partial charge in [0, 0.05) is 17.7 Å². The predicted octanol–water partition coefficient (Wildman–Crippen LogP) is 1.85. The first-order valence-corrected chi connectivity index (χ1v) is 12.2. The average molecular weight is 516 g/mol. The third kappa shape index (κ3) is 5.57. The molecule has 9 nitrogen and oxygen atoms in total. The number of nitro groups is 1. The molecule has 196 valence electrons. The van der Waals surface area contributed by atoms with Crippen LogP contribution >= 0.6 is 0 Å². The van der Waals surface area contributed by atoms with Crippen molar-refractivity contribution in [3.8, 4) is 5.75 Å². The van der Waals surface area contributed by atoms with E-state index < -0.39 is 28.4 Å². The molecule has 0 aromatic heterocycles. The van der Waals surface area contributed by atoms with Crippen molar-refractivity contribution < 1.29 is 29.3 Å². The Balaban J connectivity index is 1.71. The number of carbonyl (C=O) groups excluding carboxylic acids is 2. The fourth-order valence-corrected chi connectivity index (χ4v) is 4.44. The number of hydrogen-bond donors (Lipinski definition) is 1. The van der Waals surface area contributed by atoms with Gasteiger partial charge in [-0.05, 0) is 53.4 Å². The number of hydrogen-bond acceptors (Lipinski definition) is 6. The maximum atomic E-state index is 13.8. The fourth-order valence-electron chi connectivity index (χ4n) is 4.44. The molecular weight excluding hydrogens is 486 g/mol. The summed E-state index contributed by atoms with van der Waals surface area (Å²) < 4.78 is 5.86. The Morgan fingerprint density at radius 1 is 1.03 bits per heavy atom. The van der Waals surface area contributed by atoms with Gasteiger partial charge in [-0.15, -0.1) is 0 Å². The Bertz CT molecular complexity index is 1380. The number of ether oxygens (including phenoxy) is 1. The highest BCUT2D eigenvalue weighted by atomic mass is 16.6. The number of rotatable bonds is 9. The molecule has 1 atom stereocenters. The van der Waals surface area contributed by atoms with Gasteiger partial charge in [0.2, 0.25) is 5.78 Å². The van der Waals surface area contributed by atoms with Crippen molar-refractivity contribution in [2.24, 2.45) is 0 Å². The molecule has 1 heterocycles. The lowest BCUT2D eigenvalue weighted by atomic mass is 9.93. The van der Waals surface area contributed by atoms with Crippen LogP contribution in [0.2, 0.25) is 0 Å². The van der Waals surface area contributed by atoms with Crippen LogP contribution in [0.15, 0.2) is 78.4 Å². The topological polar surface area (TPSA) is 117 Å². The number of non-ortho nitro benzene ring substituents is 1. The zero-order chi connectivity index (χ0) is 27.4. The summed E-state index contributed by atoms with van der Waals surface area (Å²) >= 11 is 0. The Hall–Kier alpha value is -4.50. The summed E-state index contributed by atoms with van der Waals surface area (Å²) in [5.41, 5.74) is 2.09. The largest absolute Gasteiger partial charge is 0.872 e. The zero-order valence-corrected chi connectivity index (χ0v) is 21.5. The number of carbonyl (C=O) groups is 2. The number of nitrogens with one attached hydrogen (secondary N) is 1. The minimum absolute atomic E-state index is 0.122. The Labute approximate surface area is 220 Å². The molecule has 3 aromatic rings. The van der Waals surface area contributed by atoms with E-state index in [-0.39, 0.29) is 17.8 Å². The number of amides is 1. The second kappa shape index (κ2) is 11.3. The normalized spacial score (nSPS) is 16.7. The van der Waals surface area contributed by atoms with Gasteiger partial charge < -0.3 is 19.6 Å². The van der Waals surface area contributed by atoms with Gasteiger partial charge in [-0.1, -0.05) is 42.2 Å². The van der Waals surface area contributed by atoms with E-state index in [9.17, 15) is 24.8 Å². The molecule has 1 fully saturated rings. The summed E-state index contributed by atoms with van der Waals surface area (Å²) in [5, 5.41) is 24.9. The molecule has 4 rings (SSSR count). The van der Waals surface area contributed by atoms with E-state index in [1.807, 2.05) is 44.4 Å². The third-order valence-electron chi connectivity index (χ3n) is 6.49. The van der Waals surface area contributed by atoms with Crippen LogP contribution in [0.4, 0.5) is 5.69 Å². The van der Waals surface area contributed by atoms with E-state index in [1.165, 1.54) is 29.2 Å². The molecule has 0 aliphatic carbocycles. The number of benzene rings is 3. The highest BCUT2D eigenvalue weighted by molar-refractivity contribution is 6.46. The first-order valence-electron chi connectivity index (χ1n) is 12.2. The van der Waals surface area contributed by atoms with Gasteiger partial charge in [-0.2, -0.15) is 0 Å². The van der Waals surface area contributed by atoms with Crippen molar-refractivity contribution in [2.75, 3.05) is 27.2 Å². The molecule has 0 spiro atoms. The lowest BCUT2D eigenvalue weighted by Crippen LogP contribution is -3.06. The maximum Gasteiger partial charge on any atom is 0.295 e. The van der Waals surface area contributed by atoms with Crippen molar-refractivity contribution in [3.63, 3.8) is 0 Å². The number of ketones is 1. The van der Waals surface area contributed by atoms with Crippen LogP contribution in [0.3, 0.4) is 0 Å². The van der Waals surface area contributed by atoms with Crippen LogP contribution in [0, 0.1) is 17.0 Å². The average Bonchev–Trinajstić information content (AvgIpc) is 3.16. The van der Waals surface area contributed by atoms with E-state index in [0.717, 1.165) is 10.5 Å². The van der Waals surface area contributed by atoms with Crippen LogP contribution in [0.1, 0.15) is 28.3 Å². The summed E-state index contributed by atoms with van der Waals surface area (Å²) in [4.78, 5) is 39.3. The van der Waals surface area contributed by atoms with Gasteiger partial charge in [0.05, 0.1) is 38.2 Å². The summed E-state index contributed by atoms with van der Waals surface area (Å²) in [7, 11) is 3.84. The predicted molar refractivity (Wildman–Crippen MR) is 139 cm³/mol. The van der Waals surface area contributed by atoms with Gasteiger partial charge in [0.25, 0.3) is 11.6 Å². The zero-order valence-electron chi connectivity index (χ0n) is 21.5. The first kappa shape index (κ1) is 26.6. The lowest BCUT2D eigenvalue weighted by molar-refractivity contribution is -0.857. The monoisotopic (exact) mass is 515 g/mol. The van der Waals surface area contributed by atoms with E-state index in [0.29, 0.717) is 35.6 Å². The van der Waals surface area contributed by atoms with E-state index in [1.54, 1.807) is 25.1 Å². The van der Waals surface area contributed by atoms with Crippen molar-refractivity contribution in [1.29, 1.82) is 0 Å². The number of quaternary nitrogens is 1. The SMILES string of the molecule is Cc1cc(OCc2ccccc2)ccc1C([O-])=C1C(=O)C(=O)N(CC[NH+](C)C)C1c1ccc([N+](=O)[O-])cc1. The molecule has 0 saturated carbocycles. The number of nitro benzene ring substituents is 1. The molecule has 1 aliphatic heterocycles. The number of aryl methyl sites for hydroxylation is 1. The molecule has 38 heavy (non-hydrogen) atoms. The number of likely N-dealkylation sites (N-methyl/N-ethyl adjacent to an activating group) is 1. The summed E-state index contributed by atoms with van der Waals surface area (Å²) in [6, 6.07) is 19.3. The van der Waals surface area contributed by atoms with Gasteiger partial charge in [0.1, 0.15) is 12.4 Å². The molecule has 0 bridgehead atoms. The number of Topliss-reactive ketones (excluding diaryl/α,β-unsaturated/α-hetero) is 1. The Morgan fingerprint density at radius 2 is 1.71 bits per heavy atom. The van der Waals surface area contributed by atoms with Crippen LogP contribution < -0.4 is 14.7 Å². The molecular formula is C29H29N3O6. The molecule has 9 heteroatoms. The minimum Gasteiger partial charge on any atom is -0.872 e. The quantitative estimate of drug-likeness (QED) is 0.153. The van der Waals surface area contributed by atoms with E-state index in [4.69, 9.17) is 4.74 Å². The molecule has 1 saturated heterocycles. The molecule has 1 amide bonds. The second-order valence-corrected chi connectivity index (χ2v) is 9.53. The maximum absolute atomic E-state index is 13.8. The third-order valence-corrected chi connectivity index (χ3v) is 6.49. The van der Waals surface area contributed by atoms with E-state index >= 15 is 0 Å². The summed E-state index contributed by atoms with van der Waals surface area (Å²) in [6.07, 6.45) is 0. The Morgan fingerprint density at radius 3 is 2.32 bits per heavy atom. The van der Waals surface area contributed by atoms with Crippen molar-refractivity contribution in [2.45, 2.75) is 19.6 Å². The van der Waals surface area contributed by atoms with Gasteiger partial charge in [0.15, 0.2) is 0 Å². The van der Waals surface area contributed by atoms with Crippen LogP contribution in [-0.2, 0) is 16.2 Å². The number of likely N-dealkylation sites (tertiary alicyclic amines) is 1. The smallest absolute Gasteiger partial charge is 0.295 e. The lowest BCUT2D eigenvalue weighted by Gasteiger charge is -2.28. The Kier molecular flexibility index (Phi) is 7.87. The standard InChI is InChI=1S/C29H29N3O6/c1-19-17-23(38-18-20-7-5-4-6-8-20)13-14-24(19)27(33)25-26(21-9-11-22(12-10-21)32(36)37)31(16-15-30(2)3)29(35)28(25)34/h4-14,17,26,33H,15-16,18H2,1-3H3. The van der Waals surface area contributed by atoms with Crippen LogP contribution in [0.5, 0.6) is 5.75 Å². The molecule has 1 unspecified atom stereocenters. The number of nitrogens with zero attached hydrogens (tertiary/aromatic N) is 2. The van der Waals surface area contributed by atoms with Crippen molar-refractivity contribution in [3.05, 3.63) is 111 Å². The van der Waals surface area contributed by atoms with Gasteiger partial charge in [-0.25, -0.2) is 0 Å². The van der Waals surface area contributed by atoms with E-state index in [2.05, 4.69) is 0 Å². The second-order valence-electron chi connectivity index (χ2n) is 9.53. The summed E-state index contributed by atoms with van der Waals surface area (Å²) in [6.45, 7) is 2.91. The highest BCUT2D eigenvalue weighted by Crippen LogP contribution is 2.39. The first-order chi connectivity index (χ1) is 18.2. The van der Waals surface area contributed by atoms with Gasteiger partial charge in [-0.3, -0.25) is 19.7 Å². The molecule has 3 aromatic carbocycles. The fraction of sp³-hybridized carbons (Fsp3) is 0.241. The van der Waals surface area contributed by atoms with Crippen molar-refractivity contribution in [1.82, 2.24) is 4.90 Å². The highest BCUT2D eigenvalue weighted by Gasteiger charge is 2.44. The molecule has 0 radical (unpaired) electrons. The minimum atomic E-state index is -0.934. The van der Waals surface area contributed by atoms with Crippen LogP contribution in [-0.4, -0.2) is 48.7 Å². The molecule has 1 aliphatic rings. The van der Waals surface area contributed by atoms with Crippen LogP contribution in [0.25, 0.3) is 5.76 Å². The molecule has 1 N–H and O–H groups in total.